The Morgan fingerprint density at radius 1 is 1.38 bits per heavy atom. The molecular weight excluding hydrogens is 312 g/mol. The second kappa shape index (κ2) is 6.59. The van der Waals surface area contributed by atoms with Crippen molar-refractivity contribution in [3.63, 3.8) is 0 Å². The van der Waals surface area contributed by atoms with Crippen molar-refractivity contribution in [3.8, 4) is 0 Å². The predicted octanol–water partition coefficient (Wildman–Crippen LogP) is 1.26. The van der Waals surface area contributed by atoms with Crippen molar-refractivity contribution < 1.29 is 14.3 Å². The molecule has 0 unspecified atom stereocenters. The number of H-pyrrole nitrogens is 1. The van der Waals surface area contributed by atoms with Crippen LogP contribution in [0.15, 0.2) is 24.5 Å². The Balaban J connectivity index is 1.75. The fourth-order valence-electron chi connectivity index (χ4n) is 2.17. The van der Waals surface area contributed by atoms with E-state index in [-0.39, 0.29) is 11.5 Å². The molecule has 9 heteroatoms. The topological polar surface area (TPSA) is 115 Å². The Labute approximate surface area is 137 Å². The van der Waals surface area contributed by atoms with Crippen LogP contribution < -0.4 is 5.32 Å². The van der Waals surface area contributed by atoms with Gasteiger partial charge in [0.25, 0.3) is 5.91 Å². The Kier molecular flexibility index (Phi) is 4.34. The molecule has 0 saturated heterocycles. The van der Waals surface area contributed by atoms with Gasteiger partial charge in [0, 0.05) is 19.4 Å². The van der Waals surface area contributed by atoms with Crippen LogP contribution in [-0.2, 0) is 11.3 Å². The van der Waals surface area contributed by atoms with E-state index in [1.54, 1.807) is 25.4 Å². The van der Waals surface area contributed by atoms with E-state index in [1.807, 2.05) is 0 Å². The molecule has 0 radical (unpaired) electrons. The van der Waals surface area contributed by atoms with Gasteiger partial charge in [-0.05, 0) is 12.1 Å². The Morgan fingerprint density at radius 2 is 2.21 bits per heavy atom. The molecule has 0 fully saturated rings. The van der Waals surface area contributed by atoms with Gasteiger partial charge in [-0.1, -0.05) is 5.21 Å². The predicted molar refractivity (Wildman–Crippen MR) is 85.9 cm³/mol. The minimum Gasteiger partial charge on any atom is -0.383 e. The quantitative estimate of drug-likeness (QED) is 0.658. The average Bonchev–Trinajstić information content (AvgIpc) is 3.19. The van der Waals surface area contributed by atoms with Gasteiger partial charge in [0.1, 0.15) is 5.82 Å². The molecule has 3 rings (SSSR count). The van der Waals surface area contributed by atoms with Crippen molar-refractivity contribution in [3.05, 3.63) is 35.9 Å². The van der Waals surface area contributed by atoms with Crippen LogP contribution in [0.25, 0.3) is 10.9 Å². The Hall–Kier alpha value is -3.07. The number of aromatic amines is 1. The van der Waals surface area contributed by atoms with Crippen LogP contribution in [-0.4, -0.2) is 50.4 Å². The number of rotatable bonds is 6. The first-order valence-corrected chi connectivity index (χ1v) is 7.27. The zero-order valence-electron chi connectivity index (χ0n) is 13.2. The molecule has 0 atom stereocenters. The first-order valence-electron chi connectivity index (χ1n) is 7.27. The van der Waals surface area contributed by atoms with E-state index in [4.69, 9.17) is 4.74 Å². The van der Waals surface area contributed by atoms with Crippen molar-refractivity contribution in [1.82, 2.24) is 25.0 Å². The van der Waals surface area contributed by atoms with Gasteiger partial charge in [0.15, 0.2) is 11.5 Å². The van der Waals surface area contributed by atoms with Crippen LogP contribution in [0.5, 0.6) is 0 Å². The van der Waals surface area contributed by atoms with Crippen LogP contribution >= 0.6 is 0 Å². The summed E-state index contributed by atoms with van der Waals surface area (Å²) in [5.74, 6) is -0.106. The minimum atomic E-state index is -0.409. The van der Waals surface area contributed by atoms with Gasteiger partial charge in [-0.3, -0.25) is 9.59 Å². The number of aromatic nitrogens is 5. The van der Waals surface area contributed by atoms with E-state index in [1.165, 1.54) is 17.8 Å². The molecule has 124 valence electrons. The SMILES string of the molecule is COCCn1cc(C(=O)Nc2cc3cc(C(C)=O)[nH]c3cn2)nn1. The van der Waals surface area contributed by atoms with Gasteiger partial charge < -0.3 is 15.0 Å². The number of Topliss-reactive ketones (excluding diaryl/α,β-unsaturated/α-hetero) is 1. The first-order chi connectivity index (χ1) is 11.6. The molecule has 0 spiro atoms. The molecule has 0 aliphatic rings. The third-order valence-electron chi connectivity index (χ3n) is 3.42. The van der Waals surface area contributed by atoms with Gasteiger partial charge in [0.05, 0.1) is 36.8 Å². The highest BCUT2D eigenvalue weighted by Crippen LogP contribution is 2.18. The fourth-order valence-corrected chi connectivity index (χ4v) is 2.17. The molecule has 24 heavy (non-hydrogen) atoms. The highest BCUT2D eigenvalue weighted by molar-refractivity contribution is 6.03. The maximum atomic E-state index is 12.2. The molecule has 0 bridgehead atoms. The van der Waals surface area contributed by atoms with Crippen molar-refractivity contribution in [2.24, 2.45) is 0 Å². The zero-order valence-corrected chi connectivity index (χ0v) is 13.2. The molecule has 1 amide bonds. The van der Waals surface area contributed by atoms with Crippen LogP contribution in [0.2, 0.25) is 0 Å². The number of methoxy groups -OCH3 is 1. The number of carbonyl (C=O) groups excluding carboxylic acids is 2. The largest absolute Gasteiger partial charge is 0.383 e. The summed E-state index contributed by atoms with van der Waals surface area (Å²) < 4.78 is 6.47. The lowest BCUT2D eigenvalue weighted by atomic mass is 10.2. The summed E-state index contributed by atoms with van der Waals surface area (Å²) in [5.41, 5.74) is 1.41. The second-order valence-corrected chi connectivity index (χ2v) is 5.21. The number of nitrogens with one attached hydrogen (secondary N) is 2. The standard InChI is InChI=1S/C15H16N6O3/c1-9(22)11-5-10-6-14(16-7-12(10)17-11)18-15(23)13-8-21(20-19-13)3-4-24-2/h5-8,17H,3-4H2,1-2H3,(H,16,18,23). The fraction of sp³-hybridized carbons (Fsp3) is 0.267. The summed E-state index contributed by atoms with van der Waals surface area (Å²) in [7, 11) is 1.59. The summed E-state index contributed by atoms with van der Waals surface area (Å²) >= 11 is 0. The minimum absolute atomic E-state index is 0.0653. The average molecular weight is 328 g/mol. The van der Waals surface area contributed by atoms with Gasteiger partial charge in [-0.25, -0.2) is 9.67 Å². The maximum Gasteiger partial charge on any atom is 0.278 e. The molecule has 3 aromatic rings. The number of carbonyl (C=O) groups is 2. The van der Waals surface area contributed by atoms with E-state index in [2.05, 4.69) is 25.6 Å². The molecule has 0 aliphatic carbocycles. The molecule has 0 aromatic carbocycles. The number of nitrogens with zero attached hydrogens (tertiary/aromatic N) is 4. The second-order valence-electron chi connectivity index (χ2n) is 5.21. The number of hydrogen-bond donors (Lipinski definition) is 2. The van der Waals surface area contributed by atoms with E-state index < -0.39 is 5.91 Å². The van der Waals surface area contributed by atoms with Crippen molar-refractivity contribution in [2.45, 2.75) is 13.5 Å². The highest BCUT2D eigenvalue weighted by atomic mass is 16.5. The summed E-state index contributed by atoms with van der Waals surface area (Å²) in [6, 6.07) is 3.40. The van der Waals surface area contributed by atoms with Crippen LogP contribution in [0, 0.1) is 0 Å². The normalized spacial score (nSPS) is 10.9. The molecule has 0 saturated carbocycles. The molecule has 3 aromatic heterocycles. The maximum absolute atomic E-state index is 12.2. The van der Waals surface area contributed by atoms with Gasteiger partial charge >= 0.3 is 0 Å². The Bertz CT molecular complexity index is 898. The van der Waals surface area contributed by atoms with Gasteiger partial charge in [-0.15, -0.1) is 5.10 Å². The number of ether oxygens (including phenoxy) is 1. The summed E-state index contributed by atoms with van der Waals surface area (Å²) in [4.78, 5) is 30.7. The lowest BCUT2D eigenvalue weighted by molar-refractivity contribution is 0.100. The smallest absolute Gasteiger partial charge is 0.278 e. The summed E-state index contributed by atoms with van der Waals surface area (Å²) in [6.07, 6.45) is 3.10. The van der Waals surface area contributed by atoms with E-state index in [9.17, 15) is 9.59 Å². The highest BCUT2D eigenvalue weighted by Gasteiger charge is 2.13. The van der Waals surface area contributed by atoms with E-state index in [0.717, 1.165) is 10.9 Å². The van der Waals surface area contributed by atoms with Crippen molar-refractivity contribution in [1.29, 1.82) is 0 Å². The molecule has 2 N–H and O–H groups in total. The van der Waals surface area contributed by atoms with Crippen LogP contribution in [0.4, 0.5) is 5.82 Å². The summed E-state index contributed by atoms with van der Waals surface area (Å²) in [5, 5.41) is 11.1. The van der Waals surface area contributed by atoms with Gasteiger partial charge in [-0.2, -0.15) is 0 Å². The third-order valence-corrected chi connectivity index (χ3v) is 3.42. The zero-order chi connectivity index (χ0) is 17.1. The Morgan fingerprint density at radius 3 is 2.96 bits per heavy atom. The molecule has 3 heterocycles. The number of amides is 1. The first kappa shape index (κ1) is 15.8. The van der Waals surface area contributed by atoms with Gasteiger partial charge in [0.2, 0.25) is 0 Å². The van der Waals surface area contributed by atoms with E-state index in [0.29, 0.717) is 24.7 Å². The number of pyridine rings is 1. The number of fused-ring (bicyclic) bond motifs is 1. The van der Waals surface area contributed by atoms with Crippen LogP contribution in [0.3, 0.4) is 0 Å². The molecule has 9 nitrogen and oxygen atoms in total. The van der Waals surface area contributed by atoms with Crippen molar-refractivity contribution in [2.75, 3.05) is 19.0 Å². The monoisotopic (exact) mass is 328 g/mol. The lowest BCUT2D eigenvalue weighted by Gasteiger charge is -2.01. The molecule has 0 aliphatic heterocycles. The lowest BCUT2D eigenvalue weighted by Crippen LogP contribution is -2.13. The third kappa shape index (κ3) is 3.30. The van der Waals surface area contributed by atoms with E-state index >= 15 is 0 Å². The van der Waals surface area contributed by atoms with Crippen molar-refractivity contribution >= 4 is 28.4 Å². The number of anilines is 1. The summed E-state index contributed by atoms with van der Waals surface area (Å²) in [6.45, 7) is 2.47. The number of hydrogen-bond acceptors (Lipinski definition) is 6. The molecular formula is C15H16N6O3. The number of ketones is 1. The van der Waals surface area contributed by atoms with Crippen LogP contribution in [0.1, 0.15) is 27.9 Å².